The number of aryl methyl sites for hydroxylation is 1. The molecule has 0 amide bonds. The van der Waals surface area contributed by atoms with Crippen LogP contribution in [0.1, 0.15) is 43.0 Å². The van der Waals surface area contributed by atoms with Crippen LogP contribution in [0.4, 0.5) is 0 Å². The number of hydrogen-bond donors (Lipinski definition) is 2. The number of hydrogen-bond acceptors (Lipinski definition) is 3. The zero-order valence-electron chi connectivity index (χ0n) is 10.6. The molecule has 96 valence electrons. The van der Waals surface area contributed by atoms with Crippen molar-refractivity contribution in [3.63, 3.8) is 0 Å². The summed E-state index contributed by atoms with van der Waals surface area (Å²) in [4.78, 5) is 14.4. The molecule has 1 aliphatic rings. The summed E-state index contributed by atoms with van der Waals surface area (Å²) in [5, 5.41) is 8.08. The maximum Gasteiger partial charge on any atom is 0.254 e. The lowest BCUT2D eigenvalue weighted by Gasteiger charge is -2.11. The second-order valence-corrected chi connectivity index (χ2v) is 5.02. The van der Waals surface area contributed by atoms with E-state index in [4.69, 9.17) is 0 Å². The van der Waals surface area contributed by atoms with Crippen LogP contribution in [0.5, 0.6) is 0 Å². The first-order valence-electron chi connectivity index (χ1n) is 6.56. The van der Waals surface area contributed by atoms with Gasteiger partial charge in [0.1, 0.15) is 5.65 Å². The second-order valence-electron chi connectivity index (χ2n) is 5.02. The maximum absolute atomic E-state index is 11.6. The molecular formula is C13H18N4O. The molecule has 5 heteroatoms. The monoisotopic (exact) mass is 246 g/mol. The van der Waals surface area contributed by atoms with Crippen molar-refractivity contribution in [3.05, 3.63) is 33.9 Å². The first-order chi connectivity index (χ1) is 8.74. The highest BCUT2D eigenvalue weighted by Crippen LogP contribution is 2.21. The molecule has 0 aliphatic carbocycles. The Hall–Kier alpha value is -1.62. The standard InChI is InChI=1S/C13H18N4O/c1-9-8-17-12(15-13(9)18)7-11(16-17)10-5-3-2-4-6-14-10/h7-8,10,14H,2-6H2,1H3,(H,15,18). The fourth-order valence-electron chi connectivity index (χ4n) is 2.51. The summed E-state index contributed by atoms with van der Waals surface area (Å²) in [5.74, 6) is 0. The van der Waals surface area contributed by atoms with Crippen LogP contribution < -0.4 is 10.9 Å². The quantitative estimate of drug-likeness (QED) is 0.802. The predicted octanol–water partition coefficient (Wildman–Crippen LogP) is 1.54. The molecule has 0 radical (unpaired) electrons. The van der Waals surface area contributed by atoms with Crippen molar-refractivity contribution in [1.82, 2.24) is 19.9 Å². The molecule has 2 aromatic rings. The average molecular weight is 246 g/mol. The van der Waals surface area contributed by atoms with Crippen LogP contribution >= 0.6 is 0 Å². The average Bonchev–Trinajstić information content (AvgIpc) is 2.60. The van der Waals surface area contributed by atoms with E-state index in [0.29, 0.717) is 11.6 Å². The predicted molar refractivity (Wildman–Crippen MR) is 69.8 cm³/mol. The molecule has 18 heavy (non-hydrogen) atoms. The fourth-order valence-corrected chi connectivity index (χ4v) is 2.51. The Kier molecular flexibility index (Phi) is 2.91. The van der Waals surface area contributed by atoms with Gasteiger partial charge in [-0.25, -0.2) is 4.52 Å². The van der Waals surface area contributed by atoms with Gasteiger partial charge in [-0.3, -0.25) is 4.79 Å². The Morgan fingerprint density at radius 3 is 3.17 bits per heavy atom. The van der Waals surface area contributed by atoms with Gasteiger partial charge in [0.05, 0.1) is 11.7 Å². The van der Waals surface area contributed by atoms with Crippen LogP contribution in [0.2, 0.25) is 0 Å². The molecular weight excluding hydrogens is 228 g/mol. The number of nitrogens with zero attached hydrogens (tertiary/aromatic N) is 2. The molecule has 0 spiro atoms. The summed E-state index contributed by atoms with van der Waals surface area (Å²) >= 11 is 0. The lowest BCUT2D eigenvalue weighted by atomic mass is 10.1. The van der Waals surface area contributed by atoms with Crippen LogP contribution in [0, 0.1) is 6.92 Å². The van der Waals surface area contributed by atoms with Gasteiger partial charge < -0.3 is 10.3 Å². The van der Waals surface area contributed by atoms with Crippen LogP contribution in [0.3, 0.4) is 0 Å². The molecule has 0 aromatic carbocycles. The van der Waals surface area contributed by atoms with Gasteiger partial charge in [-0.2, -0.15) is 5.10 Å². The summed E-state index contributed by atoms with van der Waals surface area (Å²) < 4.78 is 1.76. The SMILES string of the molecule is Cc1cn2nc(C3CCCCCN3)cc2[nH]c1=O. The number of aromatic amines is 1. The van der Waals surface area contributed by atoms with Gasteiger partial charge in [0.25, 0.3) is 5.56 Å². The highest BCUT2D eigenvalue weighted by atomic mass is 16.1. The van der Waals surface area contributed by atoms with E-state index in [1.54, 1.807) is 17.6 Å². The molecule has 2 N–H and O–H groups in total. The van der Waals surface area contributed by atoms with Crippen molar-refractivity contribution in [2.75, 3.05) is 6.54 Å². The van der Waals surface area contributed by atoms with Crippen molar-refractivity contribution in [1.29, 1.82) is 0 Å². The van der Waals surface area contributed by atoms with Crippen LogP contribution in [0.15, 0.2) is 17.1 Å². The minimum atomic E-state index is -0.0391. The Morgan fingerprint density at radius 2 is 2.28 bits per heavy atom. The van der Waals surface area contributed by atoms with E-state index >= 15 is 0 Å². The van der Waals surface area contributed by atoms with E-state index < -0.39 is 0 Å². The molecule has 1 fully saturated rings. The highest BCUT2D eigenvalue weighted by molar-refractivity contribution is 5.40. The summed E-state index contributed by atoms with van der Waals surface area (Å²) in [7, 11) is 0. The van der Waals surface area contributed by atoms with Gasteiger partial charge in [-0.1, -0.05) is 12.8 Å². The smallest absolute Gasteiger partial charge is 0.254 e. The van der Waals surface area contributed by atoms with Crippen molar-refractivity contribution in [3.8, 4) is 0 Å². The van der Waals surface area contributed by atoms with Gasteiger partial charge in [0.2, 0.25) is 0 Å². The molecule has 3 heterocycles. The maximum atomic E-state index is 11.6. The van der Waals surface area contributed by atoms with E-state index in [1.165, 1.54) is 19.3 Å². The first kappa shape index (κ1) is 11.5. The van der Waals surface area contributed by atoms with Gasteiger partial charge in [0.15, 0.2) is 0 Å². The number of nitrogens with one attached hydrogen (secondary N) is 2. The van der Waals surface area contributed by atoms with E-state index in [9.17, 15) is 4.79 Å². The Bertz CT molecular complexity index is 605. The molecule has 1 saturated heterocycles. The first-order valence-corrected chi connectivity index (χ1v) is 6.56. The topological polar surface area (TPSA) is 62.2 Å². The number of fused-ring (bicyclic) bond motifs is 1. The lowest BCUT2D eigenvalue weighted by molar-refractivity contribution is 0.519. The second kappa shape index (κ2) is 4.57. The van der Waals surface area contributed by atoms with Crippen LogP contribution in [0.25, 0.3) is 5.65 Å². The third-order valence-corrected chi connectivity index (χ3v) is 3.59. The van der Waals surface area contributed by atoms with Crippen LogP contribution in [-0.4, -0.2) is 21.1 Å². The molecule has 3 rings (SSSR count). The van der Waals surface area contributed by atoms with Gasteiger partial charge in [-0.15, -0.1) is 0 Å². The summed E-state index contributed by atoms with van der Waals surface area (Å²) in [5.41, 5.74) is 2.44. The third kappa shape index (κ3) is 2.06. The summed E-state index contributed by atoms with van der Waals surface area (Å²) in [6.07, 6.45) is 6.66. The minimum absolute atomic E-state index is 0.0391. The van der Waals surface area contributed by atoms with E-state index in [2.05, 4.69) is 15.4 Å². The minimum Gasteiger partial charge on any atom is -0.309 e. The molecule has 1 atom stereocenters. The lowest BCUT2D eigenvalue weighted by Crippen LogP contribution is -2.20. The molecule has 1 aliphatic heterocycles. The van der Waals surface area contributed by atoms with Crippen molar-refractivity contribution in [2.24, 2.45) is 0 Å². The molecule has 0 bridgehead atoms. The molecule has 5 nitrogen and oxygen atoms in total. The Morgan fingerprint density at radius 1 is 1.39 bits per heavy atom. The van der Waals surface area contributed by atoms with Crippen LogP contribution in [-0.2, 0) is 0 Å². The van der Waals surface area contributed by atoms with E-state index in [0.717, 1.165) is 24.3 Å². The Labute approximate surface area is 105 Å². The molecule has 2 aromatic heterocycles. The molecule has 0 saturated carbocycles. The van der Waals surface area contributed by atoms with E-state index in [-0.39, 0.29) is 5.56 Å². The highest BCUT2D eigenvalue weighted by Gasteiger charge is 2.17. The molecule has 1 unspecified atom stereocenters. The number of H-pyrrole nitrogens is 1. The normalized spacial score (nSPS) is 21.1. The fraction of sp³-hybridized carbons (Fsp3) is 0.538. The summed E-state index contributed by atoms with van der Waals surface area (Å²) in [6.45, 7) is 2.84. The van der Waals surface area contributed by atoms with Crippen molar-refractivity contribution >= 4 is 5.65 Å². The number of aromatic nitrogens is 3. The van der Waals surface area contributed by atoms with Gasteiger partial charge >= 0.3 is 0 Å². The third-order valence-electron chi connectivity index (χ3n) is 3.59. The Balaban J connectivity index is 1.99. The van der Waals surface area contributed by atoms with Gasteiger partial charge in [0, 0.05) is 17.8 Å². The van der Waals surface area contributed by atoms with E-state index in [1.807, 2.05) is 6.07 Å². The largest absolute Gasteiger partial charge is 0.309 e. The summed E-state index contributed by atoms with van der Waals surface area (Å²) in [6, 6.07) is 2.29. The van der Waals surface area contributed by atoms with Crippen molar-refractivity contribution < 1.29 is 0 Å². The van der Waals surface area contributed by atoms with Crippen molar-refractivity contribution in [2.45, 2.75) is 38.6 Å². The van der Waals surface area contributed by atoms with Gasteiger partial charge in [-0.05, 0) is 26.3 Å². The number of rotatable bonds is 1. The zero-order chi connectivity index (χ0) is 12.5. The zero-order valence-corrected chi connectivity index (χ0v) is 10.6.